The molecule has 1 atom stereocenters. The Bertz CT molecular complexity index is 360. The Labute approximate surface area is 107 Å². The van der Waals surface area contributed by atoms with E-state index in [1.54, 1.807) is 0 Å². The maximum atomic E-state index is 6.04. The second-order valence-electron chi connectivity index (χ2n) is 3.81. The van der Waals surface area contributed by atoms with Crippen molar-refractivity contribution in [3.05, 3.63) is 11.9 Å². The Morgan fingerprint density at radius 1 is 1.28 bits per heavy atom. The summed E-state index contributed by atoms with van der Waals surface area (Å²) in [6, 6.07) is -0.254. The van der Waals surface area contributed by atoms with Gasteiger partial charge in [-0.3, -0.25) is 0 Å². The molecule has 2 N–H and O–H groups in total. The molecule has 0 spiro atoms. The summed E-state index contributed by atoms with van der Waals surface area (Å²) < 4.78 is 15.5. The van der Waals surface area contributed by atoms with Crippen LogP contribution in [-0.4, -0.2) is 37.4 Å². The van der Waals surface area contributed by atoms with Crippen molar-refractivity contribution in [2.24, 2.45) is 5.73 Å². The average Bonchev–Trinajstić information content (AvgIpc) is 2.42. The molecule has 0 bridgehead atoms. The largest absolute Gasteiger partial charge is 0.480 e. The second kappa shape index (κ2) is 7.84. The molecule has 0 aliphatic carbocycles. The fourth-order valence-electron chi connectivity index (χ4n) is 1.46. The Morgan fingerprint density at radius 2 is 2.06 bits per heavy atom. The summed E-state index contributed by atoms with van der Waals surface area (Å²) in [7, 11) is 3.06. The van der Waals surface area contributed by atoms with E-state index in [-0.39, 0.29) is 6.04 Å². The van der Waals surface area contributed by atoms with Gasteiger partial charge in [0.15, 0.2) is 0 Å². The predicted octanol–water partition coefficient (Wildman–Crippen LogP) is 1.31. The standard InChI is InChI=1S/C12H21N3O3/c1-4-6-18-7-5-9(13)11-12(17-3)15-10(16-2)8-14-11/h8-9H,4-7,13H2,1-3H3. The monoisotopic (exact) mass is 255 g/mol. The molecular formula is C12H21N3O3. The maximum absolute atomic E-state index is 6.04. The summed E-state index contributed by atoms with van der Waals surface area (Å²) >= 11 is 0. The molecule has 6 nitrogen and oxygen atoms in total. The molecule has 102 valence electrons. The lowest BCUT2D eigenvalue weighted by Gasteiger charge is -2.14. The van der Waals surface area contributed by atoms with Crippen LogP contribution in [-0.2, 0) is 4.74 Å². The molecule has 0 aliphatic rings. The quantitative estimate of drug-likeness (QED) is 0.705. The molecule has 0 saturated carbocycles. The number of methoxy groups -OCH3 is 2. The minimum atomic E-state index is -0.254. The first kappa shape index (κ1) is 14.7. The summed E-state index contributed by atoms with van der Waals surface area (Å²) in [6.07, 6.45) is 3.21. The number of ether oxygens (including phenoxy) is 3. The minimum absolute atomic E-state index is 0.254. The zero-order valence-electron chi connectivity index (χ0n) is 11.2. The van der Waals surface area contributed by atoms with Gasteiger partial charge in [-0.05, 0) is 12.8 Å². The van der Waals surface area contributed by atoms with Gasteiger partial charge in [-0.25, -0.2) is 4.98 Å². The van der Waals surface area contributed by atoms with Gasteiger partial charge in [0.2, 0.25) is 11.8 Å². The van der Waals surface area contributed by atoms with E-state index in [2.05, 4.69) is 16.9 Å². The van der Waals surface area contributed by atoms with Gasteiger partial charge in [0, 0.05) is 13.2 Å². The highest BCUT2D eigenvalue weighted by molar-refractivity contribution is 5.25. The fourth-order valence-corrected chi connectivity index (χ4v) is 1.46. The highest BCUT2D eigenvalue weighted by Crippen LogP contribution is 2.23. The molecule has 0 aliphatic heterocycles. The van der Waals surface area contributed by atoms with Crippen LogP contribution < -0.4 is 15.2 Å². The van der Waals surface area contributed by atoms with E-state index in [1.165, 1.54) is 20.4 Å². The van der Waals surface area contributed by atoms with Gasteiger partial charge in [-0.2, -0.15) is 4.98 Å². The summed E-state index contributed by atoms with van der Waals surface area (Å²) in [5.41, 5.74) is 6.67. The number of aromatic nitrogens is 2. The highest BCUT2D eigenvalue weighted by atomic mass is 16.5. The van der Waals surface area contributed by atoms with Gasteiger partial charge in [-0.1, -0.05) is 6.92 Å². The van der Waals surface area contributed by atoms with E-state index in [4.69, 9.17) is 19.9 Å². The van der Waals surface area contributed by atoms with E-state index < -0.39 is 0 Å². The smallest absolute Gasteiger partial charge is 0.240 e. The Morgan fingerprint density at radius 3 is 2.67 bits per heavy atom. The third kappa shape index (κ3) is 4.12. The number of hydrogen-bond donors (Lipinski definition) is 1. The Balaban J connectivity index is 2.63. The van der Waals surface area contributed by atoms with Crippen molar-refractivity contribution < 1.29 is 14.2 Å². The predicted molar refractivity (Wildman–Crippen MR) is 67.8 cm³/mol. The molecule has 0 saturated heterocycles. The van der Waals surface area contributed by atoms with Gasteiger partial charge in [0.1, 0.15) is 5.69 Å². The van der Waals surface area contributed by atoms with Crippen LogP contribution >= 0.6 is 0 Å². The van der Waals surface area contributed by atoms with Gasteiger partial charge >= 0.3 is 0 Å². The van der Waals surface area contributed by atoms with Crippen LogP contribution in [0.3, 0.4) is 0 Å². The summed E-state index contributed by atoms with van der Waals surface area (Å²) in [5.74, 6) is 0.808. The first-order chi connectivity index (χ1) is 8.72. The van der Waals surface area contributed by atoms with Crippen molar-refractivity contribution in [2.45, 2.75) is 25.8 Å². The lowest BCUT2D eigenvalue weighted by molar-refractivity contribution is 0.127. The molecule has 1 aromatic heterocycles. The molecule has 0 amide bonds. The van der Waals surface area contributed by atoms with Crippen molar-refractivity contribution in [2.75, 3.05) is 27.4 Å². The summed E-state index contributed by atoms with van der Waals surface area (Å²) in [4.78, 5) is 8.37. The number of nitrogens with two attached hydrogens (primary N) is 1. The van der Waals surface area contributed by atoms with Gasteiger partial charge < -0.3 is 19.9 Å². The molecule has 0 radical (unpaired) electrons. The van der Waals surface area contributed by atoms with Gasteiger partial charge in [0.25, 0.3) is 0 Å². The van der Waals surface area contributed by atoms with E-state index in [0.29, 0.717) is 30.5 Å². The molecule has 1 aromatic rings. The summed E-state index contributed by atoms with van der Waals surface area (Å²) in [5, 5.41) is 0. The van der Waals surface area contributed by atoms with Crippen LogP contribution in [0.25, 0.3) is 0 Å². The van der Waals surface area contributed by atoms with Crippen molar-refractivity contribution in [1.82, 2.24) is 9.97 Å². The molecule has 6 heteroatoms. The number of hydrogen-bond acceptors (Lipinski definition) is 6. The number of rotatable bonds is 8. The molecule has 1 rings (SSSR count). The SMILES string of the molecule is CCCOCCC(N)c1ncc(OC)nc1OC. The van der Waals surface area contributed by atoms with Gasteiger partial charge in [0.05, 0.1) is 26.5 Å². The van der Waals surface area contributed by atoms with Crippen LogP contribution in [0.15, 0.2) is 6.20 Å². The van der Waals surface area contributed by atoms with E-state index in [0.717, 1.165) is 13.0 Å². The van der Waals surface area contributed by atoms with Crippen LogP contribution in [0.1, 0.15) is 31.5 Å². The maximum Gasteiger partial charge on any atom is 0.240 e. The highest BCUT2D eigenvalue weighted by Gasteiger charge is 2.16. The second-order valence-corrected chi connectivity index (χ2v) is 3.81. The average molecular weight is 255 g/mol. The Kier molecular flexibility index (Phi) is 6.38. The van der Waals surface area contributed by atoms with Crippen molar-refractivity contribution in [3.8, 4) is 11.8 Å². The molecule has 1 unspecified atom stereocenters. The van der Waals surface area contributed by atoms with Crippen molar-refractivity contribution in [3.63, 3.8) is 0 Å². The van der Waals surface area contributed by atoms with E-state index in [9.17, 15) is 0 Å². The molecule has 18 heavy (non-hydrogen) atoms. The molecule has 0 aromatic carbocycles. The van der Waals surface area contributed by atoms with Crippen LogP contribution in [0, 0.1) is 0 Å². The van der Waals surface area contributed by atoms with Crippen LogP contribution in [0.2, 0.25) is 0 Å². The molecule has 0 fully saturated rings. The zero-order chi connectivity index (χ0) is 13.4. The van der Waals surface area contributed by atoms with E-state index in [1.807, 2.05) is 0 Å². The van der Waals surface area contributed by atoms with Crippen LogP contribution in [0.4, 0.5) is 0 Å². The number of nitrogens with zero attached hydrogens (tertiary/aromatic N) is 2. The molecule has 1 heterocycles. The zero-order valence-corrected chi connectivity index (χ0v) is 11.2. The van der Waals surface area contributed by atoms with Crippen LogP contribution in [0.5, 0.6) is 11.8 Å². The normalized spacial score (nSPS) is 12.2. The minimum Gasteiger partial charge on any atom is -0.480 e. The third-order valence-electron chi connectivity index (χ3n) is 2.42. The lowest BCUT2D eigenvalue weighted by atomic mass is 10.1. The third-order valence-corrected chi connectivity index (χ3v) is 2.42. The topological polar surface area (TPSA) is 79.5 Å². The Hall–Kier alpha value is -1.40. The van der Waals surface area contributed by atoms with Crippen molar-refractivity contribution in [1.29, 1.82) is 0 Å². The fraction of sp³-hybridized carbons (Fsp3) is 0.667. The van der Waals surface area contributed by atoms with Gasteiger partial charge in [-0.15, -0.1) is 0 Å². The first-order valence-electron chi connectivity index (χ1n) is 6.01. The van der Waals surface area contributed by atoms with E-state index >= 15 is 0 Å². The van der Waals surface area contributed by atoms with Crippen molar-refractivity contribution >= 4 is 0 Å². The molecular weight excluding hydrogens is 234 g/mol. The summed E-state index contributed by atoms with van der Waals surface area (Å²) in [6.45, 7) is 3.42. The lowest BCUT2D eigenvalue weighted by Crippen LogP contribution is -2.16. The first-order valence-corrected chi connectivity index (χ1v) is 6.01.